The zero-order valence-corrected chi connectivity index (χ0v) is 20.7. The van der Waals surface area contributed by atoms with Gasteiger partial charge in [-0.15, -0.1) is 0 Å². The van der Waals surface area contributed by atoms with Crippen LogP contribution in [0.1, 0.15) is 75.8 Å². The van der Waals surface area contributed by atoms with Crippen molar-refractivity contribution >= 4 is 11.9 Å². The van der Waals surface area contributed by atoms with Gasteiger partial charge in [0.15, 0.2) is 6.61 Å². The minimum Gasteiger partial charge on any atom is -0.482 e. The third-order valence-electron chi connectivity index (χ3n) is 8.47. The maximum Gasteiger partial charge on any atom is 0.344 e. The summed E-state index contributed by atoms with van der Waals surface area (Å²) in [7, 11) is 0. The van der Waals surface area contributed by atoms with Crippen LogP contribution in [-0.4, -0.2) is 52.2 Å². The molecular formula is C28H40O7. The van der Waals surface area contributed by atoms with Gasteiger partial charge in [0.25, 0.3) is 0 Å². The van der Waals surface area contributed by atoms with Crippen LogP contribution in [0.4, 0.5) is 0 Å². The summed E-state index contributed by atoms with van der Waals surface area (Å²) in [5.74, 6) is 0.191. The van der Waals surface area contributed by atoms with Crippen molar-refractivity contribution in [2.24, 2.45) is 23.7 Å². The number of aliphatic hydroxyl groups is 2. The molecule has 0 saturated heterocycles. The van der Waals surface area contributed by atoms with E-state index in [4.69, 9.17) is 14.6 Å². The summed E-state index contributed by atoms with van der Waals surface area (Å²) in [4.78, 5) is 23.5. The molecule has 7 heteroatoms. The summed E-state index contributed by atoms with van der Waals surface area (Å²) < 4.78 is 11.4. The van der Waals surface area contributed by atoms with E-state index in [2.05, 4.69) is 13.0 Å². The van der Waals surface area contributed by atoms with Gasteiger partial charge in [0, 0.05) is 0 Å². The largest absolute Gasteiger partial charge is 0.482 e. The van der Waals surface area contributed by atoms with Gasteiger partial charge in [0.05, 0.1) is 18.1 Å². The van der Waals surface area contributed by atoms with Gasteiger partial charge in [-0.25, -0.2) is 4.79 Å². The molecule has 4 rings (SSSR count). The molecule has 0 spiro atoms. The third-order valence-corrected chi connectivity index (χ3v) is 8.47. The Morgan fingerprint density at radius 3 is 2.60 bits per heavy atom. The molecule has 0 aliphatic heterocycles. The lowest BCUT2D eigenvalue weighted by Gasteiger charge is -2.32. The van der Waals surface area contributed by atoms with E-state index >= 15 is 0 Å². The highest BCUT2D eigenvalue weighted by molar-refractivity contribution is 5.72. The third kappa shape index (κ3) is 6.36. The first-order chi connectivity index (χ1) is 16.9. The summed E-state index contributed by atoms with van der Waals surface area (Å²) in [6, 6.07) is 5.97. The predicted molar refractivity (Wildman–Crippen MR) is 130 cm³/mol. The molecule has 0 amide bonds. The van der Waals surface area contributed by atoms with Crippen LogP contribution in [0.5, 0.6) is 5.75 Å². The molecule has 1 aromatic rings. The van der Waals surface area contributed by atoms with Crippen molar-refractivity contribution in [2.75, 3.05) is 6.61 Å². The van der Waals surface area contributed by atoms with Crippen molar-refractivity contribution in [3.05, 3.63) is 29.3 Å². The zero-order valence-electron chi connectivity index (χ0n) is 20.7. The molecule has 5 atom stereocenters. The van der Waals surface area contributed by atoms with Crippen LogP contribution < -0.4 is 4.74 Å². The zero-order chi connectivity index (χ0) is 24.9. The minimum absolute atomic E-state index is 0.163. The monoisotopic (exact) mass is 488 g/mol. The number of hydrogen-bond acceptors (Lipinski definition) is 6. The fraction of sp³-hybridized carbons (Fsp3) is 0.714. The van der Waals surface area contributed by atoms with Gasteiger partial charge < -0.3 is 24.8 Å². The van der Waals surface area contributed by atoms with Crippen molar-refractivity contribution in [3.8, 4) is 5.75 Å². The predicted octanol–water partition coefficient (Wildman–Crippen LogP) is 3.91. The molecule has 194 valence electrons. The highest BCUT2D eigenvalue weighted by Gasteiger charge is 2.45. The molecule has 35 heavy (non-hydrogen) atoms. The number of esters is 1. The molecule has 0 heterocycles. The second-order valence-electron chi connectivity index (χ2n) is 10.8. The lowest BCUT2D eigenvalue weighted by Crippen LogP contribution is -2.30. The molecule has 0 aromatic heterocycles. The fourth-order valence-corrected chi connectivity index (χ4v) is 6.59. The number of carboxylic acid groups (broad SMARTS) is 1. The van der Waals surface area contributed by atoms with Crippen LogP contribution in [0.15, 0.2) is 18.2 Å². The minimum atomic E-state index is -0.774. The van der Waals surface area contributed by atoms with Gasteiger partial charge in [-0.3, -0.25) is 4.79 Å². The van der Waals surface area contributed by atoms with Crippen molar-refractivity contribution in [1.82, 2.24) is 0 Å². The second-order valence-corrected chi connectivity index (χ2v) is 10.8. The van der Waals surface area contributed by atoms with E-state index < -0.39 is 11.9 Å². The number of hydrogen-bond donors (Lipinski definition) is 3. The number of rotatable bonds is 10. The van der Waals surface area contributed by atoms with Gasteiger partial charge in [0.2, 0.25) is 0 Å². The first-order valence-corrected chi connectivity index (χ1v) is 13.4. The first kappa shape index (κ1) is 26.0. The van der Waals surface area contributed by atoms with Crippen LogP contribution in [0, 0.1) is 23.7 Å². The quantitative estimate of drug-likeness (QED) is 0.428. The lowest BCUT2D eigenvalue weighted by molar-refractivity contribution is -0.154. The molecule has 3 N–H and O–H groups in total. The Hall–Kier alpha value is -2.12. The fourth-order valence-electron chi connectivity index (χ4n) is 6.59. The summed E-state index contributed by atoms with van der Waals surface area (Å²) in [5, 5.41) is 30.1. The van der Waals surface area contributed by atoms with Crippen LogP contribution in [0.2, 0.25) is 0 Å². The number of aliphatic hydroxyl groups excluding tert-OH is 2. The molecule has 2 fully saturated rings. The summed E-state index contributed by atoms with van der Waals surface area (Å²) >= 11 is 0. The normalized spacial score (nSPS) is 30.7. The van der Waals surface area contributed by atoms with Crippen LogP contribution >= 0.6 is 0 Å². The maximum absolute atomic E-state index is 12.4. The highest BCUT2D eigenvalue weighted by Crippen LogP contribution is 2.48. The SMILES string of the molecule is CCC[C@H](O)CC[C@@H]1[C@H]2Cc3cccc(OCC(=O)OC4CCC(C(=O)O)CC4)c3C[C@H]2C[C@H]1O. The topological polar surface area (TPSA) is 113 Å². The van der Waals surface area contributed by atoms with Gasteiger partial charge in [-0.1, -0.05) is 25.5 Å². The Kier molecular flexibility index (Phi) is 8.71. The molecule has 7 nitrogen and oxygen atoms in total. The molecule has 3 aliphatic carbocycles. The van der Waals surface area contributed by atoms with E-state index in [-0.39, 0.29) is 36.8 Å². The first-order valence-electron chi connectivity index (χ1n) is 13.4. The summed E-state index contributed by atoms with van der Waals surface area (Å²) in [5.41, 5.74) is 2.35. The summed E-state index contributed by atoms with van der Waals surface area (Å²) in [6.45, 7) is 1.91. The number of carbonyl (C=O) groups is 2. The number of ether oxygens (including phenoxy) is 2. The smallest absolute Gasteiger partial charge is 0.344 e. The highest BCUT2D eigenvalue weighted by atomic mass is 16.6. The van der Waals surface area contributed by atoms with Gasteiger partial charge in [-0.05, 0) is 99.2 Å². The molecule has 3 aliphatic rings. The average molecular weight is 489 g/mol. The summed E-state index contributed by atoms with van der Waals surface area (Å²) in [6.07, 6.45) is 7.24. The Balaban J connectivity index is 1.31. The maximum atomic E-state index is 12.4. The van der Waals surface area contributed by atoms with Crippen molar-refractivity contribution in [2.45, 2.75) is 95.9 Å². The average Bonchev–Trinajstić information content (AvgIpc) is 3.14. The van der Waals surface area contributed by atoms with E-state index in [0.717, 1.165) is 50.5 Å². The van der Waals surface area contributed by atoms with E-state index in [1.165, 1.54) is 5.56 Å². The van der Waals surface area contributed by atoms with Crippen LogP contribution in [0.25, 0.3) is 0 Å². The number of benzene rings is 1. The number of aliphatic carboxylic acids is 1. The standard InChI is InChI=1S/C28H40O7/c1-2-4-20(29)9-12-22-23-13-18-5-3-6-26(24(18)14-19(23)15-25(22)30)34-16-27(31)35-21-10-7-17(8-11-21)28(32)33/h3,5-6,17,19-23,25,29-30H,2,4,7-16H2,1H3,(H,32,33)/t17?,19-,20-,21?,22+,23-,25+/m0/s1. The van der Waals surface area contributed by atoms with Crippen LogP contribution in [0.3, 0.4) is 0 Å². The number of carbonyl (C=O) groups excluding carboxylic acids is 1. The number of fused-ring (bicyclic) bond motifs is 2. The molecule has 0 unspecified atom stereocenters. The van der Waals surface area contributed by atoms with Gasteiger partial charge >= 0.3 is 11.9 Å². The molecule has 0 bridgehead atoms. The lowest BCUT2D eigenvalue weighted by atomic mass is 9.73. The molecule has 1 aromatic carbocycles. The second kappa shape index (κ2) is 11.7. The van der Waals surface area contributed by atoms with E-state index in [0.29, 0.717) is 43.3 Å². The Labute approximate surface area is 207 Å². The van der Waals surface area contributed by atoms with Gasteiger partial charge in [0.1, 0.15) is 11.9 Å². The molecule has 2 saturated carbocycles. The molecular weight excluding hydrogens is 448 g/mol. The number of carboxylic acids is 1. The van der Waals surface area contributed by atoms with Crippen molar-refractivity contribution < 1.29 is 34.4 Å². The Morgan fingerprint density at radius 2 is 1.89 bits per heavy atom. The Morgan fingerprint density at radius 1 is 1.11 bits per heavy atom. The van der Waals surface area contributed by atoms with E-state index in [9.17, 15) is 19.8 Å². The molecule has 0 radical (unpaired) electrons. The van der Waals surface area contributed by atoms with Crippen molar-refractivity contribution in [3.63, 3.8) is 0 Å². The van der Waals surface area contributed by atoms with Crippen molar-refractivity contribution in [1.29, 1.82) is 0 Å². The van der Waals surface area contributed by atoms with Gasteiger partial charge in [-0.2, -0.15) is 0 Å². The van der Waals surface area contributed by atoms with Crippen LogP contribution in [-0.2, 0) is 27.2 Å². The Bertz CT molecular complexity index is 876. The van der Waals surface area contributed by atoms with E-state index in [1.54, 1.807) is 0 Å². The van der Waals surface area contributed by atoms with E-state index in [1.807, 2.05) is 12.1 Å².